The van der Waals surface area contributed by atoms with Crippen LogP contribution in [0.1, 0.15) is 26.8 Å². The molecule has 2 heterocycles. The van der Waals surface area contributed by atoms with Crippen molar-refractivity contribution >= 4 is 28.8 Å². The Kier molecular flexibility index (Phi) is 6.26. The Morgan fingerprint density at radius 1 is 0.900 bits per heavy atom. The smallest absolute Gasteiger partial charge is 0.264 e. The van der Waals surface area contributed by atoms with E-state index < -0.39 is 6.04 Å². The van der Waals surface area contributed by atoms with Crippen LogP contribution in [-0.4, -0.2) is 47.8 Å². The number of benzene rings is 2. The average Bonchev–Trinajstić information content (AvgIpc) is 3.31. The van der Waals surface area contributed by atoms with Crippen LogP contribution in [0.3, 0.4) is 0 Å². The highest BCUT2D eigenvalue weighted by atomic mass is 32.1. The van der Waals surface area contributed by atoms with Gasteiger partial charge >= 0.3 is 0 Å². The molecule has 1 aliphatic rings. The van der Waals surface area contributed by atoms with Crippen molar-refractivity contribution in [3.63, 3.8) is 0 Å². The van der Waals surface area contributed by atoms with Crippen molar-refractivity contribution in [2.24, 2.45) is 0 Å². The average molecular weight is 420 g/mol. The number of piperazine rings is 1. The number of thiophene rings is 1. The zero-order chi connectivity index (χ0) is 20.9. The van der Waals surface area contributed by atoms with Crippen LogP contribution < -0.4 is 5.32 Å². The maximum absolute atomic E-state index is 13.3. The summed E-state index contributed by atoms with van der Waals surface area (Å²) in [5.74, 6) is 0.0214. The van der Waals surface area contributed by atoms with Crippen LogP contribution in [0.25, 0.3) is 0 Å². The summed E-state index contributed by atoms with van der Waals surface area (Å²) in [5.41, 5.74) is 2.90. The monoisotopic (exact) mass is 419 g/mol. The zero-order valence-electron chi connectivity index (χ0n) is 17.0. The summed E-state index contributed by atoms with van der Waals surface area (Å²) in [6.07, 6.45) is 0. The second kappa shape index (κ2) is 9.24. The lowest BCUT2D eigenvalue weighted by molar-refractivity contribution is -0.122. The highest BCUT2D eigenvalue weighted by molar-refractivity contribution is 7.12. The van der Waals surface area contributed by atoms with Crippen LogP contribution in [0.2, 0.25) is 0 Å². The van der Waals surface area contributed by atoms with Crippen molar-refractivity contribution in [3.05, 3.63) is 88.1 Å². The number of amides is 2. The molecule has 1 aromatic heterocycles. The third-order valence-corrected chi connectivity index (χ3v) is 6.24. The van der Waals surface area contributed by atoms with Gasteiger partial charge in [-0.05, 0) is 36.1 Å². The molecule has 30 heavy (non-hydrogen) atoms. The second-order valence-corrected chi connectivity index (χ2v) is 8.42. The van der Waals surface area contributed by atoms with Crippen molar-refractivity contribution in [1.29, 1.82) is 0 Å². The first-order chi connectivity index (χ1) is 14.6. The van der Waals surface area contributed by atoms with Crippen LogP contribution in [0.5, 0.6) is 0 Å². The largest absolute Gasteiger partial charge is 0.335 e. The molecule has 1 N–H and O–H groups in total. The summed E-state index contributed by atoms with van der Waals surface area (Å²) in [4.78, 5) is 30.7. The number of carbonyl (C=O) groups is 2. The lowest BCUT2D eigenvalue weighted by Crippen LogP contribution is -2.51. The molecule has 1 fully saturated rings. The Morgan fingerprint density at radius 2 is 1.60 bits per heavy atom. The van der Waals surface area contributed by atoms with E-state index in [1.165, 1.54) is 11.3 Å². The van der Waals surface area contributed by atoms with Crippen LogP contribution in [-0.2, 0) is 4.79 Å². The fraction of sp³-hybridized carbons (Fsp3) is 0.250. The predicted molar refractivity (Wildman–Crippen MR) is 121 cm³/mol. The van der Waals surface area contributed by atoms with Crippen molar-refractivity contribution in [3.8, 4) is 0 Å². The van der Waals surface area contributed by atoms with Crippen molar-refractivity contribution in [2.75, 3.05) is 31.5 Å². The van der Waals surface area contributed by atoms with E-state index in [2.05, 4.69) is 10.2 Å². The Balaban J connectivity index is 1.49. The normalized spacial score (nSPS) is 15.6. The number of aryl methyl sites for hydroxylation is 1. The number of anilines is 1. The van der Waals surface area contributed by atoms with E-state index in [1.54, 1.807) is 0 Å². The molecular formula is C24H25N3O2S. The fourth-order valence-electron chi connectivity index (χ4n) is 3.75. The van der Waals surface area contributed by atoms with Gasteiger partial charge in [-0.15, -0.1) is 11.3 Å². The van der Waals surface area contributed by atoms with E-state index in [0.717, 1.165) is 21.7 Å². The molecule has 1 saturated heterocycles. The molecule has 1 atom stereocenters. The topological polar surface area (TPSA) is 52.7 Å². The van der Waals surface area contributed by atoms with E-state index >= 15 is 0 Å². The summed E-state index contributed by atoms with van der Waals surface area (Å²) in [6, 6.07) is 21.0. The number of hydrogen-bond donors (Lipinski definition) is 1. The minimum atomic E-state index is -0.397. The van der Waals surface area contributed by atoms with Gasteiger partial charge in [0.15, 0.2) is 0 Å². The molecule has 2 aromatic carbocycles. The molecule has 0 aliphatic carbocycles. The van der Waals surface area contributed by atoms with Gasteiger partial charge in [-0.3, -0.25) is 14.5 Å². The van der Waals surface area contributed by atoms with Crippen molar-refractivity contribution in [1.82, 2.24) is 9.80 Å². The van der Waals surface area contributed by atoms with Crippen molar-refractivity contribution < 1.29 is 9.59 Å². The first-order valence-corrected chi connectivity index (χ1v) is 11.0. The quantitative estimate of drug-likeness (QED) is 0.675. The first kappa shape index (κ1) is 20.3. The van der Waals surface area contributed by atoms with Crippen LogP contribution >= 0.6 is 11.3 Å². The summed E-state index contributed by atoms with van der Waals surface area (Å²) in [5, 5.41) is 4.98. The van der Waals surface area contributed by atoms with Gasteiger partial charge in [0.2, 0.25) is 5.91 Å². The van der Waals surface area contributed by atoms with Gasteiger partial charge in [0.1, 0.15) is 6.04 Å². The van der Waals surface area contributed by atoms with Gasteiger partial charge < -0.3 is 10.2 Å². The molecule has 2 amide bonds. The van der Waals surface area contributed by atoms with E-state index in [9.17, 15) is 9.59 Å². The Hall–Kier alpha value is -2.96. The van der Waals surface area contributed by atoms with Gasteiger partial charge in [-0.25, -0.2) is 0 Å². The molecule has 4 rings (SSSR count). The number of carbonyl (C=O) groups excluding carboxylic acids is 2. The maximum Gasteiger partial charge on any atom is 0.264 e. The summed E-state index contributed by atoms with van der Waals surface area (Å²) >= 11 is 1.47. The number of nitrogens with one attached hydrogen (secondary N) is 1. The molecular weight excluding hydrogens is 394 g/mol. The summed E-state index contributed by atoms with van der Waals surface area (Å²) < 4.78 is 0. The van der Waals surface area contributed by atoms with E-state index in [-0.39, 0.29) is 11.8 Å². The van der Waals surface area contributed by atoms with E-state index in [0.29, 0.717) is 26.2 Å². The second-order valence-electron chi connectivity index (χ2n) is 7.47. The van der Waals surface area contributed by atoms with Crippen LogP contribution in [0.15, 0.2) is 72.1 Å². The molecule has 3 aromatic rings. The predicted octanol–water partition coefficient (Wildman–Crippen LogP) is 4.19. The lowest BCUT2D eigenvalue weighted by atomic mass is 10.0. The van der Waals surface area contributed by atoms with Gasteiger partial charge in [0.25, 0.3) is 5.91 Å². The minimum Gasteiger partial charge on any atom is -0.335 e. The van der Waals surface area contributed by atoms with Crippen molar-refractivity contribution in [2.45, 2.75) is 13.0 Å². The standard InChI is InChI=1S/C24H25N3O2S/c1-18-9-11-20(12-10-18)25-23(28)22(19-6-3-2-4-7-19)26-13-15-27(16-14-26)24(29)21-8-5-17-30-21/h2-12,17,22H,13-16H2,1H3,(H,25,28)/t22-/m0/s1. The zero-order valence-corrected chi connectivity index (χ0v) is 17.8. The molecule has 0 radical (unpaired) electrons. The minimum absolute atomic E-state index is 0.0527. The Morgan fingerprint density at radius 3 is 2.23 bits per heavy atom. The summed E-state index contributed by atoms with van der Waals surface area (Å²) in [6.45, 7) is 4.54. The van der Waals surface area contributed by atoms with E-state index in [1.807, 2.05) is 83.9 Å². The third-order valence-electron chi connectivity index (χ3n) is 5.38. The number of rotatable bonds is 5. The fourth-order valence-corrected chi connectivity index (χ4v) is 4.44. The molecule has 0 spiro atoms. The number of nitrogens with zero attached hydrogens (tertiary/aromatic N) is 2. The Bertz CT molecular complexity index is 979. The molecule has 0 unspecified atom stereocenters. The SMILES string of the molecule is Cc1ccc(NC(=O)[C@H](c2ccccc2)N2CCN(C(=O)c3cccs3)CC2)cc1. The number of hydrogen-bond acceptors (Lipinski definition) is 4. The Labute approximate surface area is 180 Å². The van der Waals surface area contributed by atoms with Crippen LogP contribution in [0, 0.1) is 6.92 Å². The van der Waals surface area contributed by atoms with Gasteiger partial charge in [0.05, 0.1) is 4.88 Å². The van der Waals surface area contributed by atoms with Gasteiger partial charge in [-0.1, -0.05) is 54.1 Å². The van der Waals surface area contributed by atoms with Gasteiger partial charge in [-0.2, -0.15) is 0 Å². The molecule has 154 valence electrons. The molecule has 0 saturated carbocycles. The highest BCUT2D eigenvalue weighted by Crippen LogP contribution is 2.25. The first-order valence-electron chi connectivity index (χ1n) is 10.1. The van der Waals surface area contributed by atoms with E-state index in [4.69, 9.17) is 0 Å². The van der Waals surface area contributed by atoms with Crippen LogP contribution in [0.4, 0.5) is 5.69 Å². The highest BCUT2D eigenvalue weighted by Gasteiger charge is 2.32. The third kappa shape index (κ3) is 4.61. The molecule has 1 aliphatic heterocycles. The summed E-state index contributed by atoms with van der Waals surface area (Å²) in [7, 11) is 0. The molecule has 0 bridgehead atoms. The van der Waals surface area contributed by atoms with Gasteiger partial charge in [0, 0.05) is 31.9 Å². The maximum atomic E-state index is 13.3. The molecule has 6 heteroatoms. The molecule has 5 nitrogen and oxygen atoms in total. The lowest BCUT2D eigenvalue weighted by Gasteiger charge is -2.38.